The number of primary amides is 1. The molecule has 119 heavy (non-hydrogen) atoms. The van der Waals surface area contributed by atoms with Crippen LogP contribution in [0.25, 0.3) is 0 Å². The van der Waals surface area contributed by atoms with Gasteiger partial charge in [-0.15, -0.1) is 16.8 Å². The molecule has 0 bridgehead atoms. The van der Waals surface area contributed by atoms with Gasteiger partial charge in [-0.1, -0.05) is 111 Å². The van der Waals surface area contributed by atoms with E-state index >= 15 is 4.79 Å². The molecule has 2 aromatic rings. The molecule has 3 saturated heterocycles. The monoisotopic (exact) mass is 1690 g/mol. The number of hydroxylamine groups is 2. The molecule has 10 N–H and O–H groups in total. The first-order valence-corrected chi connectivity index (χ1v) is 42.2. The van der Waals surface area contributed by atoms with Crippen LogP contribution in [-0.4, -0.2) is 260 Å². The number of anilines is 1. The summed E-state index contributed by atoms with van der Waals surface area (Å²) in [7, 11) is 8.08. The van der Waals surface area contributed by atoms with Crippen LogP contribution < -0.4 is 48.3 Å². The van der Waals surface area contributed by atoms with Gasteiger partial charge < -0.3 is 81.9 Å². The number of nitrogens with one attached hydrogen (secondary N) is 8. The van der Waals surface area contributed by atoms with Crippen LogP contribution in [0.4, 0.5) is 20.1 Å². The lowest BCUT2D eigenvalue weighted by molar-refractivity contribution is -0.198. The van der Waals surface area contributed by atoms with E-state index in [4.69, 9.17) is 29.5 Å². The third kappa shape index (κ3) is 29.3. The molecule has 4 fully saturated rings. The summed E-state index contributed by atoms with van der Waals surface area (Å²) in [6.45, 7) is 19.5. The number of methoxy groups -OCH3 is 2. The Labute approximate surface area is 701 Å². The third-order valence-corrected chi connectivity index (χ3v) is 23.8. The Morgan fingerprint density at radius 3 is 1.94 bits per heavy atom. The molecule has 0 aromatic heterocycles. The van der Waals surface area contributed by atoms with E-state index in [0.717, 1.165) is 11.1 Å². The Bertz CT molecular complexity index is 3890. The van der Waals surface area contributed by atoms with Gasteiger partial charge in [-0.2, -0.15) is 0 Å². The second-order valence-electron chi connectivity index (χ2n) is 32.8. The molecule has 36 heteroatoms. The molecular weight excluding hydrogens is 1560 g/mol. The van der Waals surface area contributed by atoms with Crippen molar-refractivity contribution in [3.63, 3.8) is 0 Å². The van der Waals surface area contributed by atoms with E-state index in [1.807, 2.05) is 67.5 Å². The smallest absolute Gasteiger partial charge is 0.407 e. The number of likely N-dealkylation sites (tertiary alicyclic amines) is 2. The van der Waals surface area contributed by atoms with Crippen LogP contribution in [0.5, 0.6) is 0 Å². The zero-order valence-electron chi connectivity index (χ0n) is 71.8. The van der Waals surface area contributed by atoms with Gasteiger partial charge in [-0.25, -0.2) is 19.2 Å². The number of amides is 15. The number of alkyl carbamates (subject to hydrolysis) is 2. The minimum absolute atomic E-state index is 0.00110. The first-order chi connectivity index (χ1) is 56.2. The summed E-state index contributed by atoms with van der Waals surface area (Å²) in [6.07, 6.45) is -1.40. The summed E-state index contributed by atoms with van der Waals surface area (Å²) in [5.74, 6) is -7.76. The maximum atomic E-state index is 15.0. The van der Waals surface area contributed by atoms with Gasteiger partial charge in [0.2, 0.25) is 53.2 Å². The second-order valence-corrected chi connectivity index (χ2v) is 34.0. The summed E-state index contributed by atoms with van der Waals surface area (Å²) in [4.78, 5) is 224. The molecule has 15 amide bonds. The predicted molar refractivity (Wildman–Crippen MR) is 440 cm³/mol. The van der Waals surface area contributed by atoms with Crippen LogP contribution in [0.15, 0.2) is 42.5 Å². The van der Waals surface area contributed by atoms with Crippen molar-refractivity contribution < 1.29 is 100 Å². The summed E-state index contributed by atoms with van der Waals surface area (Å²) >= 11 is 1.29. The number of carbonyl (C=O) groups is 16. The molecule has 0 spiro atoms. The molecule has 1 saturated carbocycles. The van der Waals surface area contributed by atoms with Crippen molar-refractivity contribution in [3.8, 4) is 0 Å². The van der Waals surface area contributed by atoms with E-state index in [1.54, 1.807) is 82.0 Å². The van der Waals surface area contributed by atoms with Gasteiger partial charge >= 0.3 is 24.2 Å². The summed E-state index contributed by atoms with van der Waals surface area (Å²) in [6, 6.07) is 5.67. The number of urea groups is 1. The van der Waals surface area contributed by atoms with Crippen LogP contribution >= 0.6 is 11.8 Å². The molecule has 6 rings (SSSR count). The summed E-state index contributed by atoms with van der Waals surface area (Å²) in [5, 5.41) is 21.5. The lowest BCUT2D eigenvalue weighted by atomic mass is 9.89. The fourth-order valence-corrected chi connectivity index (χ4v) is 16.6. The van der Waals surface area contributed by atoms with E-state index in [1.165, 1.54) is 35.8 Å². The normalized spacial score (nSPS) is 18.6. The van der Waals surface area contributed by atoms with Gasteiger partial charge in [-0.3, -0.25) is 67.3 Å². The second kappa shape index (κ2) is 46.7. The maximum Gasteiger partial charge on any atom is 0.407 e. The van der Waals surface area contributed by atoms with Crippen molar-refractivity contribution in [1.82, 2.24) is 61.9 Å². The zero-order valence-corrected chi connectivity index (χ0v) is 72.6. The molecular formula is C83H126N14O21S. The Balaban J connectivity index is 0.988. The molecule has 3 unspecified atom stereocenters. The molecule has 35 nitrogen and oxygen atoms in total. The number of imide groups is 2. The third-order valence-electron chi connectivity index (χ3n) is 22.2. The minimum Gasteiger partial charge on any atom is -0.445 e. The van der Waals surface area contributed by atoms with Crippen molar-refractivity contribution in [3.05, 3.63) is 64.7 Å². The standard InChI is InChI=1S/C83H126N14O21S/c1-17-51(9)72(94(14)79(110)70(48(4)5)92-77(108)71(49(6)7)93(12)13)61(114-15)40-66(102)96-44-56(39-59(96)73(115-16)53(11)74(105)88-43-60(98)57-29-24-50(8)38-52(57)10)117-82(113)87-36-35-86-81(112)116-45-54-25-27-55(28-26-54)89-75(106)58(22-21-34-85-80(84)111)90-76(107)69(47(2)3)91-63(99)23-19-18-20-37-95-67(103)41-62(78(95)109)119-46-83(32-33-83)42-68(104)118-97-64(100)30-31-65(97)101/h24-29,38,47-49,51,53,56,58-59,61-62,69-73H,17-23,30-37,39-46H2,1-16H3,(H,86,112)(H,87,113)(H,88,105)(H,89,106)(H,90,107)(H,91,99)(H,92,108)(H3,84,85,111)/t51-,53+,56-,58?,59-,61+,62?,69-,70-,71-,72?,73+/m0/s1. The molecule has 1 aliphatic carbocycles. The van der Waals surface area contributed by atoms with Gasteiger partial charge in [0.1, 0.15) is 30.8 Å². The number of benzene rings is 2. The fraction of sp³-hybridized carbons (Fsp3) is 0.663. The minimum atomic E-state index is -1.16. The summed E-state index contributed by atoms with van der Waals surface area (Å²) < 4.78 is 23.5. The average molecular weight is 1690 g/mol. The van der Waals surface area contributed by atoms with E-state index in [0.29, 0.717) is 66.2 Å². The van der Waals surface area contributed by atoms with E-state index in [-0.39, 0.29) is 151 Å². The number of carbonyl (C=O) groups excluding carboxylic acids is 16. The van der Waals surface area contributed by atoms with Crippen molar-refractivity contribution in [1.29, 1.82) is 0 Å². The molecule has 12 atom stereocenters. The molecule has 0 radical (unpaired) electrons. The largest absolute Gasteiger partial charge is 0.445 e. The molecule has 660 valence electrons. The Morgan fingerprint density at radius 1 is 0.697 bits per heavy atom. The Morgan fingerprint density at radius 2 is 1.35 bits per heavy atom. The highest BCUT2D eigenvalue weighted by atomic mass is 32.2. The van der Waals surface area contributed by atoms with E-state index < -0.39 is 143 Å². The Hall–Kier alpha value is -9.81. The number of hydrogen-bond acceptors (Lipinski definition) is 23. The number of ketones is 1. The van der Waals surface area contributed by atoms with Crippen molar-refractivity contribution in [2.24, 2.45) is 40.7 Å². The number of ether oxygens (including phenoxy) is 4. The number of rotatable bonds is 48. The number of likely N-dealkylation sites (N-methyl/N-ethyl adjacent to an activating group) is 2. The van der Waals surface area contributed by atoms with Crippen molar-refractivity contribution in [2.45, 2.75) is 239 Å². The highest BCUT2D eigenvalue weighted by Gasteiger charge is 2.50. The first kappa shape index (κ1) is 98.0. The maximum absolute atomic E-state index is 15.0. The SMILES string of the molecule is CC[C@H](C)C([C@@H](CC(=O)N1C[C@@H](OC(=O)NCCNC(=O)OCc2ccc(NC(=O)C(CCCNC(N)=O)NC(=O)[C@@H](NC(=O)CCCCCN3C(=O)CC(SCC4(CC(=O)ON5C(=O)CCC5=O)CC4)C3=O)C(C)C)cc2)C[C@H]1[C@H](OC)[C@@H](C)C(=O)NCC(=O)c1ccc(C)cc1C)OC)N(C)C(=O)[C@@H](NC(=O)[C@H](C(C)C)N(C)C)C(C)C. The predicted octanol–water partition coefficient (Wildman–Crippen LogP) is 5.09. The van der Waals surface area contributed by atoms with Crippen LogP contribution in [-0.2, 0) is 87.9 Å². The van der Waals surface area contributed by atoms with E-state index in [9.17, 15) is 71.9 Å². The van der Waals surface area contributed by atoms with Crippen molar-refractivity contribution in [2.75, 3.05) is 85.7 Å². The number of aryl methyl sites for hydroxylation is 2. The number of hydrogen-bond donors (Lipinski definition) is 9. The molecule has 4 aliphatic rings. The van der Waals surface area contributed by atoms with Crippen LogP contribution in [0.1, 0.15) is 186 Å². The highest BCUT2D eigenvalue weighted by Crippen LogP contribution is 2.52. The quantitative estimate of drug-likeness (QED) is 0.0236. The topological polar surface area (TPSA) is 458 Å². The van der Waals surface area contributed by atoms with Crippen molar-refractivity contribution >= 4 is 112 Å². The van der Waals surface area contributed by atoms with Crippen LogP contribution in [0.2, 0.25) is 0 Å². The first-order valence-electron chi connectivity index (χ1n) is 41.1. The lowest BCUT2D eigenvalue weighted by Crippen LogP contribution is -2.59. The van der Waals surface area contributed by atoms with Gasteiger partial charge in [0, 0.05) is 96.6 Å². The highest BCUT2D eigenvalue weighted by molar-refractivity contribution is 8.00. The Kier molecular flexibility index (Phi) is 38.4. The summed E-state index contributed by atoms with van der Waals surface area (Å²) in [5.41, 5.74) is 7.81. The van der Waals surface area contributed by atoms with E-state index in [2.05, 4.69) is 42.5 Å². The van der Waals surface area contributed by atoms with Crippen LogP contribution in [0.3, 0.4) is 0 Å². The number of nitrogens with zero attached hydrogens (tertiary/aromatic N) is 5. The average Bonchev–Trinajstić information content (AvgIpc) is 1.67. The zero-order chi connectivity index (χ0) is 88.3. The lowest BCUT2D eigenvalue weighted by Gasteiger charge is -2.41. The molecule has 3 aliphatic heterocycles. The number of nitrogens with two attached hydrogens (primary N) is 1. The fourth-order valence-electron chi connectivity index (χ4n) is 15.2. The van der Waals surface area contributed by atoms with Gasteiger partial charge in [-0.05, 0) is 119 Å². The number of Topliss-reactive ketones (excluding diaryl/α,β-unsaturated/α-hetero) is 1. The van der Waals surface area contributed by atoms with Gasteiger partial charge in [0.15, 0.2) is 5.78 Å². The molecule has 3 heterocycles. The molecule has 2 aromatic carbocycles. The number of unbranched alkanes of at least 4 members (excludes halogenated alkanes) is 2. The van der Waals surface area contributed by atoms with Gasteiger partial charge in [0.25, 0.3) is 11.8 Å². The number of thioether (sulfide) groups is 1. The van der Waals surface area contributed by atoms with Crippen LogP contribution in [0, 0.1) is 48.9 Å². The van der Waals surface area contributed by atoms with Gasteiger partial charge in [0.05, 0.1) is 67.4 Å².